The van der Waals surface area contributed by atoms with Gasteiger partial charge in [-0.2, -0.15) is 11.8 Å². The van der Waals surface area contributed by atoms with E-state index in [-0.39, 0.29) is 30.4 Å². The SMILES string of the molecule is CCCCCCCSC[C@H](N[C@@H](C)C(=O)N1CCC[C@H]1C(=O)N1CCC[C@H]1C(=O)OC(C)(C)C)C(=O)OCC. The number of unbranched alkanes of at least 4 members (excludes halogenated alkanes) is 4. The Morgan fingerprint density at radius 2 is 1.59 bits per heavy atom. The molecule has 2 rings (SSSR count). The van der Waals surface area contributed by atoms with E-state index in [2.05, 4.69) is 12.2 Å². The molecule has 9 nitrogen and oxygen atoms in total. The lowest BCUT2D eigenvalue weighted by molar-refractivity contribution is -0.164. The highest BCUT2D eigenvalue weighted by Crippen LogP contribution is 2.27. The van der Waals surface area contributed by atoms with Crippen LogP contribution in [0.4, 0.5) is 0 Å². The number of carbonyl (C=O) groups excluding carboxylic acids is 4. The Morgan fingerprint density at radius 3 is 2.23 bits per heavy atom. The molecule has 10 heteroatoms. The van der Waals surface area contributed by atoms with Gasteiger partial charge in [0.2, 0.25) is 11.8 Å². The predicted octanol–water partition coefficient (Wildman–Crippen LogP) is 3.92. The van der Waals surface area contributed by atoms with Gasteiger partial charge in [-0.25, -0.2) is 4.79 Å². The van der Waals surface area contributed by atoms with Crippen molar-refractivity contribution in [3.63, 3.8) is 0 Å². The summed E-state index contributed by atoms with van der Waals surface area (Å²) in [6.45, 7) is 12.4. The minimum Gasteiger partial charge on any atom is -0.465 e. The Kier molecular flexibility index (Phi) is 14.1. The number of hydrogen-bond acceptors (Lipinski definition) is 8. The van der Waals surface area contributed by atoms with E-state index in [9.17, 15) is 19.2 Å². The molecule has 0 radical (unpaired) electrons. The molecule has 0 unspecified atom stereocenters. The van der Waals surface area contributed by atoms with Crippen LogP contribution in [0.3, 0.4) is 0 Å². The van der Waals surface area contributed by atoms with E-state index in [4.69, 9.17) is 9.47 Å². The number of rotatable bonds is 15. The molecule has 2 heterocycles. The van der Waals surface area contributed by atoms with Crippen molar-refractivity contribution >= 4 is 35.5 Å². The molecule has 0 spiro atoms. The van der Waals surface area contributed by atoms with Crippen molar-refractivity contribution in [2.24, 2.45) is 0 Å². The first-order valence-electron chi connectivity index (χ1n) is 14.8. The summed E-state index contributed by atoms with van der Waals surface area (Å²) in [5.41, 5.74) is -0.631. The number of hydrogen-bond donors (Lipinski definition) is 1. The van der Waals surface area contributed by atoms with Crippen molar-refractivity contribution in [2.75, 3.05) is 31.2 Å². The highest BCUT2D eigenvalue weighted by atomic mass is 32.2. The van der Waals surface area contributed by atoms with Gasteiger partial charge in [-0.3, -0.25) is 19.7 Å². The first-order chi connectivity index (χ1) is 18.5. The molecule has 224 valence electrons. The number of amides is 2. The molecule has 0 bridgehead atoms. The van der Waals surface area contributed by atoms with Crippen LogP contribution in [0.25, 0.3) is 0 Å². The zero-order chi connectivity index (χ0) is 29.0. The van der Waals surface area contributed by atoms with Gasteiger partial charge in [0.15, 0.2) is 0 Å². The third-order valence-corrected chi connectivity index (χ3v) is 8.25. The molecule has 0 saturated carbocycles. The summed E-state index contributed by atoms with van der Waals surface area (Å²) in [6.07, 6.45) is 8.54. The monoisotopic (exact) mass is 569 g/mol. The van der Waals surface area contributed by atoms with Gasteiger partial charge in [-0.05, 0) is 72.5 Å². The highest BCUT2D eigenvalue weighted by Gasteiger charge is 2.44. The van der Waals surface area contributed by atoms with Crippen LogP contribution in [-0.2, 0) is 28.7 Å². The van der Waals surface area contributed by atoms with Gasteiger partial charge in [0.1, 0.15) is 23.7 Å². The predicted molar refractivity (Wildman–Crippen MR) is 154 cm³/mol. The molecule has 2 saturated heterocycles. The summed E-state index contributed by atoms with van der Waals surface area (Å²) in [7, 11) is 0. The molecule has 2 aliphatic rings. The van der Waals surface area contributed by atoms with Gasteiger partial charge in [0, 0.05) is 18.8 Å². The van der Waals surface area contributed by atoms with Crippen LogP contribution in [-0.4, -0.2) is 94.5 Å². The van der Waals surface area contributed by atoms with Crippen molar-refractivity contribution in [3.8, 4) is 0 Å². The number of esters is 2. The fourth-order valence-electron chi connectivity index (χ4n) is 5.18. The summed E-state index contributed by atoms with van der Waals surface area (Å²) in [4.78, 5) is 55.7. The van der Waals surface area contributed by atoms with Crippen molar-refractivity contribution in [1.29, 1.82) is 0 Å². The lowest BCUT2D eigenvalue weighted by atomic mass is 10.1. The van der Waals surface area contributed by atoms with Gasteiger partial charge >= 0.3 is 11.9 Å². The maximum absolute atomic E-state index is 13.6. The van der Waals surface area contributed by atoms with Crippen LogP contribution < -0.4 is 5.32 Å². The van der Waals surface area contributed by atoms with Crippen LogP contribution in [0.15, 0.2) is 0 Å². The van der Waals surface area contributed by atoms with E-state index in [1.165, 1.54) is 25.7 Å². The van der Waals surface area contributed by atoms with Crippen molar-refractivity contribution in [2.45, 2.75) is 129 Å². The molecule has 2 fully saturated rings. The molecule has 0 aromatic carbocycles. The van der Waals surface area contributed by atoms with Crippen LogP contribution >= 0.6 is 11.8 Å². The third kappa shape index (κ3) is 10.6. The van der Waals surface area contributed by atoms with Gasteiger partial charge in [-0.15, -0.1) is 0 Å². The Balaban J connectivity index is 1.99. The van der Waals surface area contributed by atoms with Crippen molar-refractivity contribution in [1.82, 2.24) is 15.1 Å². The fraction of sp³-hybridized carbons (Fsp3) is 0.862. The number of thioether (sulfide) groups is 1. The van der Waals surface area contributed by atoms with Crippen molar-refractivity contribution in [3.05, 3.63) is 0 Å². The Hall–Kier alpha value is -1.81. The summed E-state index contributed by atoms with van der Waals surface area (Å²) >= 11 is 1.70. The quantitative estimate of drug-likeness (QED) is 0.234. The first kappa shape index (κ1) is 33.4. The number of carbonyl (C=O) groups is 4. The second-order valence-corrected chi connectivity index (χ2v) is 12.7. The fourth-order valence-corrected chi connectivity index (χ4v) is 6.22. The van der Waals surface area contributed by atoms with Crippen LogP contribution in [0.5, 0.6) is 0 Å². The molecule has 2 amide bonds. The summed E-state index contributed by atoms with van der Waals surface area (Å²) in [6, 6.07) is -2.48. The van der Waals surface area contributed by atoms with E-state index >= 15 is 0 Å². The Labute approximate surface area is 239 Å². The second kappa shape index (κ2) is 16.5. The molecule has 39 heavy (non-hydrogen) atoms. The summed E-state index contributed by atoms with van der Waals surface area (Å²) in [5.74, 6) is 0.333. The van der Waals surface area contributed by atoms with E-state index < -0.39 is 29.8 Å². The number of likely N-dealkylation sites (tertiary alicyclic amines) is 2. The molecule has 1 N–H and O–H groups in total. The Bertz CT molecular complexity index is 817. The van der Waals surface area contributed by atoms with E-state index in [0.717, 1.165) is 25.0 Å². The topological polar surface area (TPSA) is 105 Å². The van der Waals surface area contributed by atoms with Crippen LogP contribution in [0, 0.1) is 0 Å². The largest absolute Gasteiger partial charge is 0.465 e. The minimum atomic E-state index is -0.654. The minimum absolute atomic E-state index is 0.193. The molecule has 2 aliphatic heterocycles. The summed E-state index contributed by atoms with van der Waals surface area (Å²) in [5, 5.41) is 3.19. The average molecular weight is 570 g/mol. The summed E-state index contributed by atoms with van der Waals surface area (Å²) < 4.78 is 10.8. The molecule has 0 aromatic rings. The number of nitrogens with one attached hydrogen (secondary N) is 1. The lowest BCUT2D eigenvalue weighted by Crippen LogP contribution is -2.56. The zero-order valence-electron chi connectivity index (χ0n) is 25.0. The average Bonchev–Trinajstić information content (AvgIpc) is 3.56. The number of nitrogens with zero attached hydrogens (tertiary/aromatic N) is 2. The standard InChI is InChI=1S/C29H51N3O6S/c1-7-9-10-11-12-19-39-20-22(27(35)37-8-2)30-21(3)25(33)31-17-13-15-23(31)26(34)32-18-14-16-24(32)28(36)38-29(4,5)6/h21-24,30H,7-20H2,1-6H3/t21-,22-,23-,24-/m0/s1. The molecule has 0 aliphatic carbocycles. The smallest absolute Gasteiger partial charge is 0.329 e. The van der Waals surface area contributed by atoms with Gasteiger partial charge < -0.3 is 19.3 Å². The normalized spacial score (nSPS) is 21.1. The second-order valence-electron chi connectivity index (χ2n) is 11.6. The van der Waals surface area contributed by atoms with Gasteiger partial charge in [-0.1, -0.05) is 32.6 Å². The van der Waals surface area contributed by atoms with Crippen LogP contribution in [0.1, 0.15) is 99.3 Å². The van der Waals surface area contributed by atoms with Crippen molar-refractivity contribution < 1.29 is 28.7 Å². The lowest BCUT2D eigenvalue weighted by Gasteiger charge is -2.33. The highest BCUT2D eigenvalue weighted by molar-refractivity contribution is 7.99. The van der Waals surface area contributed by atoms with E-state index in [0.29, 0.717) is 31.7 Å². The molecule has 4 atom stereocenters. The third-order valence-electron chi connectivity index (χ3n) is 7.11. The van der Waals surface area contributed by atoms with Crippen LogP contribution in [0.2, 0.25) is 0 Å². The Morgan fingerprint density at radius 1 is 0.949 bits per heavy atom. The molecular weight excluding hydrogens is 518 g/mol. The molecular formula is C29H51N3O6S. The van der Waals surface area contributed by atoms with Gasteiger partial charge in [0.25, 0.3) is 0 Å². The van der Waals surface area contributed by atoms with E-state index in [1.54, 1.807) is 35.4 Å². The molecule has 0 aromatic heterocycles. The maximum atomic E-state index is 13.6. The first-order valence-corrected chi connectivity index (χ1v) is 16.0. The maximum Gasteiger partial charge on any atom is 0.329 e. The van der Waals surface area contributed by atoms with Gasteiger partial charge in [0.05, 0.1) is 12.6 Å². The van der Waals surface area contributed by atoms with E-state index in [1.807, 2.05) is 20.8 Å². The number of ether oxygens (including phenoxy) is 2. The zero-order valence-corrected chi connectivity index (χ0v) is 25.8.